The molecule has 1 aromatic heterocycles. The lowest BCUT2D eigenvalue weighted by Crippen LogP contribution is -2.34. The minimum absolute atomic E-state index is 0. The molecule has 0 aliphatic carbocycles. The van der Waals surface area contributed by atoms with E-state index >= 15 is 0 Å². The van der Waals surface area contributed by atoms with Gasteiger partial charge in [-0.25, -0.2) is 4.98 Å². The highest BCUT2D eigenvalue weighted by molar-refractivity contribution is 5.94. The second kappa shape index (κ2) is 6.91. The molecule has 0 spiro atoms. The topological polar surface area (TPSA) is 67.2 Å². The van der Waals surface area contributed by atoms with Crippen LogP contribution in [0, 0.1) is 5.92 Å². The highest BCUT2D eigenvalue weighted by Crippen LogP contribution is 2.21. The summed E-state index contributed by atoms with van der Waals surface area (Å²) in [5, 5.41) is 6.25. The minimum atomic E-state index is 0. The number of amides is 1. The van der Waals surface area contributed by atoms with E-state index in [2.05, 4.69) is 15.6 Å². The summed E-state index contributed by atoms with van der Waals surface area (Å²) >= 11 is 0. The Bertz CT molecular complexity index is 620. The lowest BCUT2D eigenvalue weighted by atomic mass is 9.97. The van der Waals surface area contributed by atoms with Crippen LogP contribution >= 0.6 is 12.4 Å². The number of hydrogen-bond acceptors (Lipinski definition) is 4. The molecule has 1 amide bonds. The predicted octanol–water partition coefficient (Wildman–Crippen LogP) is 2.75. The van der Waals surface area contributed by atoms with Crippen LogP contribution in [0.5, 0.6) is 0 Å². The number of rotatable bonds is 3. The molecule has 1 saturated heterocycles. The first-order chi connectivity index (χ1) is 9.76. The molecule has 1 aliphatic heterocycles. The molecular formula is C15H20ClN3O2. The molecule has 3 rings (SSSR count). The van der Waals surface area contributed by atoms with E-state index in [9.17, 15) is 4.79 Å². The van der Waals surface area contributed by atoms with Gasteiger partial charge >= 0.3 is 0 Å². The van der Waals surface area contributed by atoms with Crippen molar-refractivity contribution < 1.29 is 9.21 Å². The van der Waals surface area contributed by atoms with E-state index in [0.29, 0.717) is 0 Å². The molecule has 0 saturated carbocycles. The van der Waals surface area contributed by atoms with Crippen molar-refractivity contribution in [2.75, 3.05) is 18.4 Å². The second-order valence-corrected chi connectivity index (χ2v) is 5.16. The Morgan fingerprint density at radius 1 is 1.43 bits per heavy atom. The zero-order valence-electron chi connectivity index (χ0n) is 12.0. The third-order valence-corrected chi connectivity index (χ3v) is 3.71. The van der Waals surface area contributed by atoms with Gasteiger partial charge in [-0.15, -0.1) is 12.4 Å². The molecule has 1 fully saturated rings. The maximum absolute atomic E-state index is 12.2. The van der Waals surface area contributed by atoms with Crippen LogP contribution in [0.1, 0.15) is 25.7 Å². The number of piperidine rings is 1. The van der Waals surface area contributed by atoms with Crippen molar-refractivity contribution in [2.24, 2.45) is 5.92 Å². The van der Waals surface area contributed by atoms with Crippen molar-refractivity contribution >= 4 is 35.1 Å². The number of anilines is 1. The van der Waals surface area contributed by atoms with Crippen molar-refractivity contribution in [1.82, 2.24) is 10.3 Å². The fourth-order valence-electron chi connectivity index (χ4n) is 2.53. The number of benzene rings is 1. The number of nitrogens with zero attached hydrogens (tertiary/aromatic N) is 1. The second-order valence-electron chi connectivity index (χ2n) is 5.16. The number of hydrogen-bond donors (Lipinski definition) is 2. The van der Waals surface area contributed by atoms with E-state index in [-0.39, 0.29) is 24.2 Å². The van der Waals surface area contributed by atoms with Gasteiger partial charge in [0.1, 0.15) is 5.52 Å². The monoisotopic (exact) mass is 309 g/mol. The molecule has 2 N–H and O–H groups in total. The van der Waals surface area contributed by atoms with Gasteiger partial charge in [-0.3, -0.25) is 4.79 Å². The molecule has 2 heterocycles. The average molecular weight is 310 g/mol. The van der Waals surface area contributed by atoms with E-state index in [0.717, 1.165) is 55.0 Å². The van der Waals surface area contributed by atoms with Crippen molar-refractivity contribution in [3.8, 4) is 0 Å². The molecule has 2 aromatic rings. The first-order valence-corrected chi connectivity index (χ1v) is 7.17. The van der Waals surface area contributed by atoms with E-state index in [1.54, 1.807) is 0 Å². The van der Waals surface area contributed by atoms with Crippen molar-refractivity contribution in [1.29, 1.82) is 0 Å². The van der Waals surface area contributed by atoms with Crippen LogP contribution in [-0.4, -0.2) is 24.0 Å². The maximum Gasteiger partial charge on any atom is 0.227 e. The van der Waals surface area contributed by atoms with Crippen LogP contribution in [0.25, 0.3) is 11.1 Å². The van der Waals surface area contributed by atoms with Crippen molar-refractivity contribution in [3.05, 3.63) is 24.1 Å². The summed E-state index contributed by atoms with van der Waals surface area (Å²) in [6.45, 7) is 3.84. The summed E-state index contributed by atoms with van der Waals surface area (Å²) < 4.78 is 5.56. The number of oxazole rings is 1. The minimum Gasteiger partial charge on any atom is -0.441 e. The normalized spacial score (nSPS) is 15.7. The van der Waals surface area contributed by atoms with Gasteiger partial charge in [-0.2, -0.15) is 0 Å². The molecule has 6 heteroatoms. The molecule has 21 heavy (non-hydrogen) atoms. The highest BCUT2D eigenvalue weighted by Gasteiger charge is 2.21. The summed E-state index contributed by atoms with van der Waals surface area (Å²) in [6.07, 6.45) is 2.57. The summed E-state index contributed by atoms with van der Waals surface area (Å²) in [5.41, 5.74) is 2.35. The van der Waals surface area contributed by atoms with Gasteiger partial charge in [0.05, 0.1) is 0 Å². The molecule has 0 bridgehead atoms. The molecule has 0 radical (unpaired) electrons. The quantitative estimate of drug-likeness (QED) is 0.915. The summed E-state index contributed by atoms with van der Waals surface area (Å²) in [7, 11) is 0. The Kier molecular flexibility index (Phi) is 5.20. The van der Waals surface area contributed by atoms with Gasteiger partial charge < -0.3 is 15.1 Å². The van der Waals surface area contributed by atoms with E-state index < -0.39 is 0 Å². The Balaban J connectivity index is 0.00000161. The van der Waals surface area contributed by atoms with Gasteiger partial charge in [0.2, 0.25) is 5.91 Å². The standard InChI is InChI=1S/C15H19N3O2.ClH/c1-2-14-18-12-9-11(3-4-13(12)20-14)17-15(19)10-5-7-16-8-6-10;/h3-4,9-10,16H,2,5-8H2,1H3,(H,17,19);1H. The maximum atomic E-state index is 12.2. The van der Waals surface area contributed by atoms with Gasteiger partial charge in [-0.1, -0.05) is 6.92 Å². The SMILES string of the molecule is CCc1nc2cc(NC(=O)C3CCNCC3)ccc2o1.Cl. The van der Waals surface area contributed by atoms with Crippen molar-refractivity contribution in [3.63, 3.8) is 0 Å². The molecule has 1 aromatic carbocycles. The van der Waals surface area contributed by atoms with Crippen LogP contribution < -0.4 is 10.6 Å². The highest BCUT2D eigenvalue weighted by atomic mass is 35.5. The number of aryl methyl sites for hydroxylation is 1. The molecule has 5 nitrogen and oxygen atoms in total. The number of carbonyl (C=O) groups is 1. The molecule has 1 aliphatic rings. The summed E-state index contributed by atoms with van der Waals surface area (Å²) in [6, 6.07) is 5.60. The van der Waals surface area contributed by atoms with Crippen LogP contribution in [0.2, 0.25) is 0 Å². The molecule has 114 valence electrons. The zero-order chi connectivity index (χ0) is 13.9. The molecule has 0 unspecified atom stereocenters. The molecule has 0 atom stereocenters. The Hall–Kier alpha value is -1.59. The fourth-order valence-corrected chi connectivity index (χ4v) is 2.53. The smallest absolute Gasteiger partial charge is 0.227 e. The Morgan fingerprint density at radius 2 is 2.19 bits per heavy atom. The summed E-state index contributed by atoms with van der Waals surface area (Å²) in [5.74, 6) is 0.933. The van der Waals surface area contributed by atoms with Gasteiger partial charge in [0.15, 0.2) is 11.5 Å². The first-order valence-electron chi connectivity index (χ1n) is 7.17. The first kappa shape index (κ1) is 15.8. The van der Waals surface area contributed by atoms with Gasteiger partial charge in [-0.05, 0) is 44.1 Å². The third kappa shape index (κ3) is 3.54. The van der Waals surface area contributed by atoms with Gasteiger partial charge in [0.25, 0.3) is 0 Å². The number of fused-ring (bicyclic) bond motifs is 1. The number of halogens is 1. The van der Waals surface area contributed by atoms with Crippen molar-refractivity contribution in [2.45, 2.75) is 26.2 Å². The van der Waals surface area contributed by atoms with E-state index in [1.807, 2.05) is 25.1 Å². The molecular weight excluding hydrogens is 290 g/mol. The average Bonchev–Trinajstić information content (AvgIpc) is 2.90. The van der Waals surface area contributed by atoms with Crippen LogP contribution in [-0.2, 0) is 11.2 Å². The Labute approximate surface area is 129 Å². The third-order valence-electron chi connectivity index (χ3n) is 3.71. The van der Waals surface area contributed by atoms with Crippen LogP contribution in [0.15, 0.2) is 22.6 Å². The van der Waals surface area contributed by atoms with E-state index in [4.69, 9.17) is 4.42 Å². The number of nitrogens with one attached hydrogen (secondary N) is 2. The Morgan fingerprint density at radius 3 is 2.90 bits per heavy atom. The fraction of sp³-hybridized carbons (Fsp3) is 0.467. The zero-order valence-corrected chi connectivity index (χ0v) is 12.8. The number of carbonyl (C=O) groups excluding carboxylic acids is 1. The summed E-state index contributed by atoms with van der Waals surface area (Å²) in [4.78, 5) is 16.6. The largest absolute Gasteiger partial charge is 0.441 e. The van der Waals surface area contributed by atoms with Crippen LogP contribution in [0.3, 0.4) is 0 Å². The van der Waals surface area contributed by atoms with Crippen LogP contribution in [0.4, 0.5) is 5.69 Å². The van der Waals surface area contributed by atoms with E-state index in [1.165, 1.54) is 0 Å². The van der Waals surface area contributed by atoms with Gasteiger partial charge in [0, 0.05) is 18.0 Å². The lowest BCUT2D eigenvalue weighted by Gasteiger charge is -2.21. The predicted molar refractivity (Wildman–Crippen MR) is 84.9 cm³/mol. The lowest BCUT2D eigenvalue weighted by molar-refractivity contribution is -0.120. The number of aromatic nitrogens is 1.